The number of aliphatic hydroxyl groups excluding tert-OH is 1. The van der Waals surface area contributed by atoms with E-state index in [1.807, 2.05) is 0 Å². The van der Waals surface area contributed by atoms with Crippen molar-refractivity contribution in [1.29, 1.82) is 0 Å². The van der Waals surface area contributed by atoms with Crippen LogP contribution in [0.2, 0.25) is 0 Å². The summed E-state index contributed by atoms with van der Waals surface area (Å²) in [5, 5.41) is 23.1. The summed E-state index contributed by atoms with van der Waals surface area (Å²) in [7, 11) is 0. The lowest BCUT2D eigenvalue weighted by molar-refractivity contribution is -0.549. The Morgan fingerprint density at radius 1 is 1.24 bits per heavy atom. The highest BCUT2D eigenvalue weighted by atomic mass is 16.8. The molecule has 4 saturated heterocycles. The molecule has 25 heavy (non-hydrogen) atoms. The summed E-state index contributed by atoms with van der Waals surface area (Å²) in [5.74, 6) is -2.11. The highest BCUT2D eigenvalue weighted by Gasteiger charge is 2.91. The van der Waals surface area contributed by atoms with Crippen LogP contribution in [0.3, 0.4) is 0 Å². The molecule has 2 spiro atoms. The monoisotopic (exact) mass is 346 g/mol. The predicted molar refractivity (Wildman–Crippen MR) is 87.1 cm³/mol. The minimum absolute atomic E-state index is 0.0125. The molecule has 1 unspecified atom stereocenters. The van der Waals surface area contributed by atoms with Crippen LogP contribution in [0.15, 0.2) is 12.2 Å². The van der Waals surface area contributed by atoms with Crippen LogP contribution in [-0.4, -0.2) is 40.3 Å². The van der Waals surface area contributed by atoms with E-state index in [1.54, 1.807) is 0 Å². The minimum Gasteiger partial charge on any atom is -0.387 e. The van der Waals surface area contributed by atoms with Crippen molar-refractivity contribution in [2.45, 2.75) is 70.2 Å². The second kappa shape index (κ2) is 3.91. The summed E-state index contributed by atoms with van der Waals surface area (Å²) >= 11 is 0. The standard InChI is InChI=1S/C20H26O5/c1-9-10-5-6-11-18-8-4-7-17(2,3)12(18)14(22)20(23)19(11,13(9)21)15(10)24-16(18)25-20/h10-12,14-16,22-23H,1,4-8H2,2-3H3/t10-,11+,12+,14-,15+,16?,18+,19-,20+/m0/s1. The number of hydrogen-bond acceptors (Lipinski definition) is 5. The van der Waals surface area contributed by atoms with Crippen LogP contribution >= 0.6 is 0 Å². The SMILES string of the molecule is C=C1C(=O)[C@@]23[C@@H]4OC5O[C@]2(O)[C@@H](O)[C@@H]2C(C)(C)CCC[C@]52[C@H]3CC[C@@H]14. The molecule has 8 rings (SSSR count). The lowest BCUT2D eigenvalue weighted by atomic mass is 9.34. The summed E-state index contributed by atoms with van der Waals surface area (Å²) in [6.45, 7) is 8.39. The maximum Gasteiger partial charge on any atom is 0.211 e. The number of carbonyl (C=O) groups excluding carboxylic acids is 1. The van der Waals surface area contributed by atoms with Gasteiger partial charge in [-0.15, -0.1) is 0 Å². The van der Waals surface area contributed by atoms with Crippen molar-refractivity contribution in [2.75, 3.05) is 0 Å². The number of ketones is 1. The quantitative estimate of drug-likeness (QED) is 0.654. The van der Waals surface area contributed by atoms with Crippen molar-refractivity contribution < 1.29 is 24.5 Å². The van der Waals surface area contributed by atoms with Crippen LogP contribution < -0.4 is 0 Å². The van der Waals surface area contributed by atoms with Gasteiger partial charge in [0.15, 0.2) is 12.1 Å². The first-order valence-electron chi connectivity index (χ1n) is 9.70. The van der Waals surface area contributed by atoms with Crippen molar-refractivity contribution in [3.05, 3.63) is 12.2 Å². The van der Waals surface area contributed by atoms with Crippen molar-refractivity contribution in [3.63, 3.8) is 0 Å². The van der Waals surface area contributed by atoms with Crippen molar-refractivity contribution >= 4 is 5.78 Å². The summed E-state index contributed by atoms with van der Waals surface area (Å²) in [4.78, 5) is 13.4. The number of hydrogen-bond donors (Lipinski definition) is 2. The molecule has 9 atom stereocenters. The van der Waals surface area contributed by atoms with Gasteiger partial charge in [0.05, 0.1) is 6.10 Å². The molecule has 4 aliphatic carbocycles. The Morgan fingerprint density at radius 3 is 2.76 bits per heavy atom. The van der Waals surface area contributed by atoms with Crippen LogP contribution in [0, 0.1) is 34.0 Å². The second-order valence-corrected chi connectivity index (χ2v) is 10.0. The fourth-order valence-corrected chi connectivity index (χ4v) is 8.46. The van der Waals surface area contributed by atoms with E-state index in [0.29, 0.717) is 5.57 Å². The van der Waals surface area contributed by atoms with Gasteiger partial charge < -0.3 is 19.7 Å². The zero-order chi connectivity index (χ0) is 17.6. The van der Waals surface area contributed by atoms with Gasteiger partial charge in [0.1, 0.15) is 11.5 Å². The summed E-state index contributed by atoms with van der Waals surface area (Å²) < 4.78 is 12.4. The lowest BCUT2D eigenvalue weighted by Crippen LogP contribution is -2.89. The molecule has 0 amide bonds. The molecule has 0 aromatic carbocycles. The van der Waals surface area contributed by atoms with E-state index in [4.69, 9.17) is 9.47 Å². The molecule has 0 aromatic rings. The molecule has 7 bridgehead atoms. The van der Waals surface area contributed by atoms with Crippen LogP contribution in [0.1, 0.15) is 46.0 Å². The maximum atomic E-state index is 13.4. The fourth-order valence-electron chi connectivity index (χ4n) is 8.46. The van der Waals surface area contributed by atoms with Crippen LogP contribution in [-0.2, 0) is 14.3 Å². The third-order valence-electron chi connectivity index (χ3n) is 9.05. The molecule has 4 aliphatic heterocycles. The molecule has 4 heterocycles. The van der Waals surface area contributed by atoms with Gasteiger partial charge in [-0.25, -0.2) is 0 Å². The van der Waals surface area contributed by atoms with Gasteiger partial charge in [-0.2, -0.15) is 0 Å². The average Bonchev–Trinajstić information content (AvgIpc) is 2.68. The van der Waals surface area contributed by atoms with Gasteiger partial charge in [0, 0.05) is 17.3 Å². The summed E-state index contributed by atoms with van der Waals surface area (Å²) in [6.07, 6.45) is 2.73. The molecule has 5 heteroatoms. The summed E-state index contributed by atoms with van der Waals surface area (Å²) in [5.41, 5.74) is -1.10. The average molecular weight is 346 g/mol. The van der Waals surface area contributed by atoms with Crippen LogP contribution in [0.25, 0.3) is 0 Å². The van der Waals surface area contributed by atoms with Crippen molar-refractivity contribution in [2.24, 2.45) is 34.0 Å². The molecular weight excluding hydrogens is 320 g/mol. The molecule has 0 radical (unpaired) electrons. The van der Waals surface area contributed by atoms with Gasteiger partial charge in [-0.1, -0.05) is 26.8 Å². The number of rotatable bonds is 0. The van der Waals surface area contributed by atoms with Gasteiger partial charge in [-0.05, 0) is 42.6 Å². The van der Waals surface area contributed by atoms with Crippen molar-refractivity contribution in [3.8, 4) is 0 Å². The predicted octanol–water partition coefficient (Wildman–Crippen LogP) is 1.77. The highest BCUT2D eigenvalue weighted by Crippen LogP contribution is 2.81. The Labute approximate surface area is 147 Å². The molecule has 4 saturated carbocycles. The van der Waals surface area contributed by atoms with Crippen LogP contribution in [0.4, 0.5) is 0 Å². The molecule has 0 aromatic heterocycles. The van der Waals surface area contributed by atoms with E-state index in [0.717, 1.165) is 32.1 Å². The number of Topliss-reactive ketones (excluding diaryl/α,β-unsaturated/α-hetero) is 1. The maximum absolute atomic E-state index is 13.4. The molecule has 2 N–H and O–H groups in total. The number of ether oxygens (including phenoxy) is 2. The van der Waals surface area contributed by atoms with E-state index >= 15 is 0 Å². The topological polar surface area (TPSA) is 76.0 Å². The van der Waals surface area contributed by atoms with E-state index < -0.39 is 23.6 Å². The molecule has 8 fully saturated rings. The Balaban J connectivity index is 1.68. The first-order valence-corrected chi connectivity index (χ1v) is 9.70. The Bertz CT molecular complexity index is 730. The minimum atomic E-state index is -1.85. The number of aliphatic hydroxyl groups is 2. The van der Waals surface area contributed by atoms with E-state index in [-0.39, 0.29) is 40.5 Å². The number of carbonyl (C=O) groups is 1. The van der Waals surface area contributed by atoms with E-state index in [9.17, 15) is 15.0 Å². The van der Waals surface area contributed by atoms with E-state index in [2.05, 4.69) is 20.4 Å². The fraction of sp³-hybridized carbons (Fsp3) is 0.850. The van der Waals surface area contributed by atoms with Gasteiger partial charge >= 0.3 is 0 Å². The zero-order valence-electron chi connectivity index (χ0n) is 14.8. The third kappa shape index (κ3) is 1.18. The van der Waals surface area contributed by atoms with Gasteiger partial charge in [0.25, 0.3) is 0 Å². The molecular formula is C20H26O5. The smallest absolute Gasteiger partial charge is 0.211 e. The van der Waals surface area contributed by atoms with Gasteiger partial charge in [-0.3, -0.25) is 4.79 Å². The summed E-state index contributed by atoms with van der Waals surface area (Å²) in [6, 6.07) is 0. The Morgan fingerprint density at radius 2 is 2.00 bits per heavy atom. The normalized spacial score (nSPS) is 63.0. The highest BCUT2D eigenvalue weighted by molar-refractivity contribution is 6.05. The second-order valence-electron chi connectivity index (χ2n) is 10.0. The Hall–Kier alpha value is -0.750. The molecule has 136 valence electrons. The largest absolute Gasteiger partial charge is 0.387 e. The first kappa shape index (κ1) is 15.3. The van der Waals surface area contributed by atoms with Gasteiger partial charge in [0.2, 0.25) is 5.79 Å². The Kier molecular flexibility index (Phi) is 2.40. The van der Waals surface area contributed by atoms with Crippen molar-refractivity contribution in [1.82, 2.24) is 0 Å². The zero-order valence-corrected chi connectivity index (χ0v) is 14.8. The molecule has 8 aliphatic rings. The van der Waals surface area contributed by atoms with E-state index in [1.165, 1.54) is 0 Å². The third-order valence-corrected chi connectivity index (χ3v) is 9.05. The first-order chi connectivity index (χ1) is 11.7. The molecule has 5 nitrogen and oxygen atoms in total. The van der Waals surface area contributed by atoms with Crippen LogP contribution in [0.5, 0.6) is 0 Å². The lowest BCUT2D eigenvalue weighted by Gasteiger charge is -2.79.